The van der Waals surface area contributed by atoms with E-state index in [-0.39, 0.29) is 36.3 Å². The van der Waals surface area contributed by atoms with Crippen LogP contribution < -0.4 is 18.9 Å². The molecule has 1 saturated heterocycles. The van der Waals surface area contributed by atoms with E-state index < -0.39 is 0 Å². The fourth-order valence-electron chi connectivity index (χ4n) is 4.32. The third kappa shape index (κ3) is 5.82. The largest absolute Gasteiger partial charge is 0.504 e. The molecule has 2 aromatic carbocycles. The van der Waals surface area contributed by atoms with Gasteiger partial charge in [0.2, 0.25) is 5.75 Å². The van der Waals surface area contributed by atoms with Crippen molar-refractivity contribution in [2.45, 2.75) is 26.4 Å². The Morgan fingerprint density at radius 2 is 1.69 bits per heavy atom. The van der Waals surface area contributed by atoms with Gasteiger partial charge in [-0.3, -0.25) is 0 Å². The number of rotatable bonds is 10. The lowest BCUT2D eigenvalue weighted by Gasteiger charge is -2.24. The number of allylic oxidation sites excluding steroid dienone is 1. The standard InChI is InChI=1S/C27H34O8/c1-7-16(2)27(29)35-15-20-19(10-17-8-9-21(28)22(11-17)30-3)14-34-25(20)18-12-23(31-4)26(33-6)24(13-18)32-5/h7-9,11-13,19-20,25,28H,10,14-15H2,1-6H3/b16-7-/t19-,20-,25+/m0/s1. The second-order valence-electron chi connectivity index (χ2n) is 8.42. The molecule has 0 spiro atoms. The number of esters is 1. The highest BCUT2D eigenvalue weighted by Crippen LogP contribution is 2.46. The number of ether oxygens (including phenoxy) is 6. The molecule has 1 fully saturated rings. The van der Waals surface area contributed by atoms with E-state index in [0.717, 1.165) is 11.1 Å². The molecule has 0 radical (unpaired) electrons. The maximum atomic E-state index is 12.4. The predicted octanol–water partition coefficient (Wildman–Crippen LogP) is 4.48. The van der Waals surface area contributed by atoms with Gasteiger partial charge in [0, 0.05) is 11.5 Å². The Labute approximate surface area is 206 Å². The zero-order chi connectivity index (χ0) is 25.5. The Kier molecular flexibility index (Phi) is 8.87. The van der Waals surface area contributed by atoms with Gasteiger partial charge >= 0.3 is 5.97 Å². The molecule has 190 valence electrons. The average Bonchev–Trinajstić information content (AvgIpc) is 3.28. The number of phenolic OH excluding ortho intramolecular Hbond substituents is 1. The van der Waals surface area contributed by atoms with E-state index in [1.54, 1.807) is 47.3 Å². The SMILES string of the molecule is C/C=C(/C)C(=O)OC[C@H]1[C@@H](Cc2ccc(O)c(OC)c2)CO[C@@H]1c1cc(OC)c(OC)c(OC)c1. The van der Waals surface area contributed by atoms with Crippen molar-refractivity contribution in [2.75, 3.05) is 41.7 Å². The molecule has 8 heteroatoms. The fraction of sp³-hybridized carbons (Fsp3) is 0.444. The summed E-state index contributed by atoms with van der Waals surface area (Å²) in [6.07, 6.45) is 2.03. The summed E-state index contributed by atoms with van der Waals surface area (Å²) in [5, 5.41) is 9.95. The summed E-state index contributed by atoms with van der Waals surface area (Å²) in [6, 6.07) is 9.02. The first-order valence-corrected chi connectivity index (χ1v) is 11.4. The van der Waals surface area contributed by atoms with Crippen molar-refractivity contribution in [3.63, 3.8) is 0 Å². The number of carbonyl (C=O) groups is 1. The van der Waals surface area contributed by atoms with Gasteiger partial charge in [0.15, 0.2) is 23.0 Å². The Bertz CT molecular complexity index is 1040. The molecule has 0 aromatic heterocycles. The van der Waals surface area contributed by atoms with Crippen LogP contribution >= 0.6 is 0 Å². The number of methoxy groups -OCH3 is 4. The second-order valence-corrected chi connectivity index (χ2v) is 8.42. The van der Waals surface area contributed by atoms with Crippen molar-refractivity contribution in [3.05, 3.63) is 53.1 Å². The maximum Gasteiger partial charge on any atom is 0.333 e. The minimum absolute atomic E-state index is 0.0482. The molecule has 3 atom stereocenters. The van der Waals surface area contributed by atoms with E-state index in [1.165, 1.54) is 7.11 Å². The Morgan fingerprint density at radius 3 is 2.26 bits per heavy atom. The molecule has 0 amide bonds. The molecular formula is C27H34O8. The summed E-state index contributed by atoms with van der Waals surface area (Å²) in [7, 11) is 6.21. The van der Waals surface area contributed by atoms with Crippen LogP contribution in [0.15, 0.2) is 42.0 Å². The molecule has 0 bridgehead atoms. The van der Waals surface area contributed by atoms with Gasteiger partial charge in [0.05, 0.1) is 47.8 Å². The summed E-state index contributed by atoms with van der Waals surface area (Å²) >= 11 is 0. The van der Waals surface area contributed by atoms with Gasteiger partial charge in [0.25, 0.3) is 0 Å². The number of hydrogen-bond acceptors (Lipinski definition) is 8. The molecule has 1 aliphatic heterocycles. The fourth-order valence-corrected chi connectivity index (χ4v) is 4.32. The van der Waals surface area contributed by atoms with E-state index in [9.17, 15) is 9.90 Å². The van der Waals surface area contributed by atoms with E-state index >= 15 is 0 Å². The first kappa shape index (κ1) is 26.2. The average molecular weight is 487 g/mol. The van der Waals surface area contributed by atoms with Crippen LogP contribution in [0.3, 0.4) is 0 Å². The highest BCUT2D eigenvalue weighted by molar-refractivity contribution is 5.87. The first-order valence-electron chi connectivity index (χ1n) is 11.4. The molecular weight excluding hydrogens is 452 g/mol. The summed E-state index contributed by atoms with van der Waals surface area (Å²) in [5.74, 6) is 1.61. The Hall–Kier alpha value is -3.39. The van der Waals surface area contributed by atoms with Crippen molar-refractivity contribution in [1.29, 1.82) is 0 Å². The van der Waals surface area contributed by atoms with Gasteiger partial charge in [-0.15, -0.1) is 0 Å². The van der Waals surface area contributed by atoms with Crippen LogP contribution in [0, 0.1) is 11.8 Å². The maximum absolute atomic E-state index is 12.4. The van der Waals surface area contributed by atoms with Crippen LogP contribution in [0.25, 0.3) is 0 Å². The van der Waals surface area contributed by atoms with Crippen molar-refractivity contribution in [3.8, 4) is 28.7 Å². The summed E-state index contributed by atoms with van der Waals surface area (Å²) in [5.41, 5.74) is 2.38. The zero-order valence-electron chi connectivity index (χ0n) is 21.1. The van der Waals surface area contributed by atoms with Crippen LogP contribution in [0.5, 0.6) is 28.7 Å². The highest BCUT2D eigenvalue weighted by atomic mass is 16.5. The number of carbonyl (C=O) groups excluding carboxylic acids is 1. The molecule has 0 aliphatic carbocycles. The van der Waals surface area contributed by atoms with Gasteiger partial charge in [-0.25, -0.2) is 4.79 Å². The van der Waals surface area contributed by atoms with Crippen LogP contribution in [0.1, 0.15) is 31.1 Å². The van der Waals surface area contributed by atoms with Crippen LogP contribution in [0.4, 0.5) is 0 Å². The lowest BCUT2D eigenvalue weighted by Crippen LogP contribution is -2.24. The van der Waals surface area contributed by atoms with Crippen molar-refractivity contribution in [2.24, 2.45) is 11.8 Å². The number of phenols is 1. The normalized spacial score (nSPS) is 19.8. The lowest BCUT2D eigenvalue weighted by atomic mass is 9.84. The summed E-state index contributed by atoms with van der Waals surface area (Å²) < 4.78 is 33.7. The molecule has 0 saturated carbocycles. The Balaban J connectivity index is 1.94. The van der Waals surface area contributed by atoms with Gasteiger partial charge in [-0.05, 0) is 61.6 Å². The number of aromatic hydroxyl groups is 1. The quantitative estimate of drug-likeness (QED) is 0.388. The molecule has 35 heavy (non-hydrogen) atoms. The van der Waals surface area contributed by atoms with Gasteiger partial charge in [-0.2, -0.15) is 0 Å². The lowest BCUT2D eigenvalue weighted by molar-refractivity contribution is -0.141. The molecule has 8 nitrogen and oxygen atoms in total. The summed E-state index contributed by atoms with van der Waals surface area (Å²) in [6.45, 7) is 4.18. The summed E-state index contributed by atoms with van der Waals surface area (Å²) in [4.78, 5) is 12.4. The van der Waals surface area contributed by atoms with E-state index in [2.05, 4.69) is 0 Å². The molecule has 1 aliphatic rings. The Morgan fingerprint density at radius 1 is 1.03 bits per heavy atom. The van der Waals surface area contributed by atoms with Crippen LogP contribution in [-0.2, 0) is 20.7 Å². The van der Waals surface area contributed by atoms with Crippen molar-refractivity contribution >= 4 is 5.97 Å². The molecule has 2 aromatic rings. The van der Waals surface area contributed by atoms with Gasteiger partial charge in [0.1, 0.15) is 0 Å². The van der Waals surface area contributed by atoms with Crippen LogP contribution in [-0.4, -0.2) is 52.7 Å². The van der Waals surface area contributed by atoms with Gasteiger partial charge < -0.3 is 33.5 Å². The van der Waals surface area contributed by atoms with E-state index in [0.29, 0.717) is 41.6 Å². The number of benzene rings is 2. The topological polar surface area (TPSA) is 92.7 Å². The molecule has 1 heterocycles. The molecule has 0 unspecified atom stereocenters. The molecule has 1 N–H and O–H groups in total. The third-order valence-electron chi connectivity index (χ3n) is 6.40. The van der Waals surface area contributed by atoms with E-state index in [4.69, 9.17) is 28.4 Å². The van der Waals surface area contributed by atoms with Crippen molar-refractivity contribution in [1.82, 2.24) is 0 Å². The van der Waals surface area contributed by atoms with E-state index in [1.807, 2.05) is 24.3 Å². The number of hydrogen-bond donors (Lipinski definition) is 1. The molecule has 3 rings (SSSR count). The zero-order valence-corrected chi connectivity index (χ0v) is 21.1. The highest BCUT2D eigenvalue weighted by Gasteiger charge is 2.40. The minimum Gasteiger partial charge on any atom is -0.504 e. The second kappa shape index (κ2) is 11.8. The minimum atomic E-state index is -0.355. The predicted molar refractivity (Wildman–Crippen MR) is 131 cm³/mol. The third-order valence-corrected chi connectivity index (χ3v) is 6.40. The first-order chi connectivity index (χ1) is 16.9. The monoisotopic (exact) mass is 486 g/mol. The van der Waals surface area contributed by atoms with Crippen LogP contribution in [0.2, 0.25) is 0 Å². The smallest absolute Gasteiger partial charge is 0.333 e. The van der Waals surface area contributed by atoms with Crippen molar-refractivity contribution < 1.29 is 38.3 Å². The van der Waals surface area contributed by atoms with Gasteiger partial charge in [-0.1, -0.05) is 12.1 Å².